The summed E-state index contributed by atoms with van der Waals surface area (Å²) in [6.07, 6.45) is -3.31. The second kappa shape index (κ2) is 5.91. The first kappa shape index (κ1) is 17.4. The molecule has 1 aliphatic heterocycles. The number of fused-ring (bicyclic) bond motifs is 1. The Hall–Kier alpha value is -1.98. The summed E-state index contributed by atoms with van der Waals surface area (Å²) in [7, 11) is 0. The number of alkyl halides is 3. The number of hydrogen-bond acceptors (Lipinski definition) is 2. The third-order valence-electron chi connectivity index (χ3n) is 3.56. The number of carbonyl (C=O) groups excluding carboxylic acids is 1. The first-order valence-electron chi connectivity index (χ1n) is 7.34. The number of amides is 1. The van der Waals surface area contributed by atoms with Gasteiger partial charge in [0.15, 0.2) is 0 Å². The van der Waals surface area contributed by atoms with Gasteiger partial charge in [-0.05, 0) is 49.9 Å². The van der Waals surface area contributed by atoms with Crippen LogP contribution in [-0.2, 0) is 23.9 Å². The van der Waals surface area contributed by atoms with Crippen LogP contribution in [0.15, 0.2) is 18.7 Å². The predicted molar refractivity (Wildman–Crippen MR) is 81.9 cm³/mol. The molecule has 1 amide bonds. The van der Waals surface area contributed by atoms with Crippen LogP contribution < -0.4 is 0 Å². The third-order valence-corrected chi connectivity index (χ3v) is 3.56. The average Bonchev–Trinajstić information content (AvgIpc) is 2.42. The molecule has 0 saturated carbocycles. The fourth-order valence-electron chi connectivity index (χ4n) is 2.54. The summed E-state index contributed by atoms with van der Waals surface area (Å²) >= 11 is 0. The zero-order chi connectivity index (χ0) is 17.4. The van der Waals surface area contributed by atoms with Gasteiger partial charge in [-0.15, -0.1) is 0 Å². The molecule has 6 heteroatoms. The van der Waals surface area contributed by atoms with Gasteiger partial charge < -0.3 is 9.64 Å². The fraction of sp³-hybridized carbons (Fsp3) is 0.471. The van der Waals surface area contributed by atoms with Crippen molar-refractivity contribution in [2.75, 3.05) is 6.54 Å². The smallest absolute Gasteiger partial charge is 0.416 e. The Morgan fingerprint density at radius 3 is 2.48 bits per heavy atom. The van der Waals surface area contributed by atoms with Crippen molar-refractivity contribution in [3.05, 3.63) is 41.0 Å². The highest BCUT2D eigenvalue weighted by atomic mass is 19.4. The van der Waals surface area contributed by atoms with E-state index in [9.17, 15) is 18.0 Å². The minimum Gasteiger partial charge on any atom is -0.444 e. The van der Waals surface area contributed by atoms with E-state index in [1.807, 2.05) is 0 Å². The molecular weight excluding hydrogens is 307 g/mol. The monoisotopic (exact) mass is 327 g/mol. The van der Waals surface area contributed by atoms with E-state index < -0.39 is 23.4 Å². The molecule has 0 radical (unpaired) electrons. The second-order valence-electron chi connectivity index (χ2n) is 6.56. The summed E-state index contributed by atoms with van der Waals surface area (Å²) in [5, 5.41) is 0. The van der Waals surface area contributed by atoms with Crippen molar-refractivity contribution in [1.82, 2.24) is 4.90 Å². The normalized spacial score (nSPS) is 15.1. The number of ether oxygens (including phenoxy) is 1. The number of halogens is 3. The minimum absolute atomic E-state index is 0.101. The van der Waals surface area contributed by atoms with Crippen LogP contribution in [0.25, 0.3) is 6.08 Å². The van der Waals surface area contributed by atoms with Gasteiger partial charge in [-0.3, -0.25) is 0 Å². The standard InChI is InChI=1S/C17H20F3NO2/c1-5-11-8-12-6-7-21(15(22)23-16(2,3)4)10-13(12)14(9-11)17(18,19)20/h5,8-9H,1,6-7,10H2,2-4H3. The van der Waals surface area contributed by atoms with Crippen molar-refractivity contribution in [3.8, 4) is 0 Å². The van der Waals surface area contributed by atoms with Crippen LogP contribution in [-0.4, -0.2) is 23.1 Å². The molecule has 23 heavy (non-hydrogen) atoms. The molecular formula is C17H20F3NO2. The molecule has 0 atom stereocenters. The van der Waals surface area contributed by atoms with E-state index in [0.717, 1.165) is 6.07 Å². The van der Waals surface area contributed by atoms with Crippen LogP contribution in [0, 0.1) is 0 Å². The molecule has 0 spiro atoms. The minimum atomic E-state index is -4.47. The molecule has 3 nitrogen and oxygen atoms in total. The largest absolute Gasteiger partial charge is 0.444 e. The van der Waals surface area contributed by atoms with Gasteiger partial charge in [0, 0.05) is 13.1 Å². The van der Waals surface area contributed by atoms with E-state index in [4.69, 9.17) is 4.74 Å². The van der Waals surface area contributed by atoms with Gasteiger partial charge in [0.1, 0.15) is 5.60 Å². The summed E-state index contributed by atoms with van der Waals surface area (Å²) < 4.78 is 45.2. The lowest BCUT2D eigenvalue weighted by Gasteiger charge is -2.32. The molecule has 126 valence electrons. The summed E-state index contributed by atoms with van der Waals surface area (Å²) in [4.78, 5) is 13.4. The number of nitrogens with zero attached hydrogens (tertiary/aromatic N) is 1. The lowest BCUT2D eigenvalue weighted by molar-refractivity contribution is -0.138. The van der Waals surface area contributed by atoms with Gasteiger partial charge in [-0.25, -0.2) is 4.79 Å². The molecule has 1 heterocycles. The maximum Gasteiger partial charge on any atom is 0.416 e. The highest BCUT2D eigenvalue weighted by Gasteiger charge is 2.37. The maximum absolute atomic E-state index is 13.3. The van der Waals surface area contributed by atoms with E-state index in [2.05, 4.69) is 6.58 Å². The van der Waals surface area contributed by atoms with Crippen LogP contribution in [0.1, 0.15) is 43.0 Å². The lowest BCUT2D eigenvalue weighted by Crippen LogP contribution is -2.40. The summed E-state index contributed by atoms with van der Waals surface area (Å²) in [5.74, 6) is 0. The predicted octanol–water partition coefficient (Wildman–Crippen LogP) is 4.64. The number of rotatable bonds is 1. The SMILES string of the molecule is C=Cc1cc2c(c(C(F)(F)F)c1)CN(C(=O)OC(C)(C)C)CC2. The highest BCUT2D eigenvalue weighted by Crippen LogP contribution is 2.37. The van der Waals surface area contributed by atoms with Crippen molar-refractivity contribution in [2.24, 2.45) is 0 Å². The van der Waals surface area contributed by atoms with E-state index >= 15 is 0 Å². The summed E-state index contributed by atoms with van der Waals surface area (Å²) in [5.41, 5.74) is -0.216. The summed E-state index contributed by atoms with van der Waals surface area (Å²) in [6.45, 7) is 8.93. The molecule has 0 bridgehead atoms. The average molecular weight is 327 g/mol. The first-order chi connectivity index (χ1) is 10.5. The van der Waals surface area contributed by atoms with Crippen molar-refractivity contribution in [1.29, 1.82) is 0 Å². The Labute approximate surface area is 133 Å². The van der Waals surface area contributed by atoms with Crippen LogP contribution in [0.4, 0.5) is 18.0 Å². The number of hydrogen-bond donors (Lipinski definition) is 0. The summed E-state index contributed by atoms with van der Waals surface area (Å²) in [6, 6.07) is 2.77. The van der Waals surface area contributed by atoms with Gasteiger partial charge >= 0.3 is 12.3 Å². The Kier molecular flexibility index (Phi) is 4.46. The van der Waals surface area contributed by atoms with Gasteiger partial charge in [-0.1, -0.05) is 18.7 Å². The third kappa shape index (κ3) is 4.06. The van der Waals surface area contributed by atoms with E-state index in [0.29, 0.717) is 24.1 Å². The van der Waals surface area contributed by atoms with E-state index in [-0.39, 0.29) is 12.1 Å². The zero-order valence-corrected chi connectivity index (χ0v) is 13.5. The van der Waals surface area contributed by atoms with Crippen LogP contribution in [0.2, 0.25) is 0 Å². The van der Waals surface area contributed by atoms with Gasteiger partial charge in [-0.2, -0.15) is 13.2 Å². The fourth-order valence-corrected chi connectivity index (χ4v) is 2.54. The van der Waals surface area contributed by atoms with Crippen molar-refractivity contribution < 1.29 is 22.7 Å². The highest BCUT2D eigenvalue weighted by molar-refractivity contribution is 5.69. The zero-order valence-electron chi connectivity index (χ0n) is 13.5. The van der Waals surface area contributed by atoms with Crippen molar-refractivity contribution in [3.63, 3.8) is 0 Å². The van der Waals surface area contributed by atoms with E-state index in [1.165, 1.54) is 11.0 Å². The van der Waals surface area contributed by atoms with Crippen LogP contribution >= 0.6 is 0 Å². The Morgan fingerprint density at radius 1 is 1.30 bits per heavy atom. The molecule has 2 rings (SSSR count). The Bertz CT molecular complexity index is 630. The Balaban J connectivity index is 2.36. The first-order valence-corrected chi connectivity index (χ1v) is 7.34. The van der Waals surface area contributed by atoms with Crippen molar-refractivity contribution >= 4 is 12.2 Å². The molecule has 0 N–H and O–H groups in total. The topological polar surface area (TPSA) is 29.5 Å². The lowest BCUT2D eigenvalue weighted by atomic mass is 9.92. The van der Waals surface area contributed by atoms with Crippen LogP contribution in [0.5, 0.6) is 0 Å². The number of carbonyl (C=O) groups is 1. The quantitative estimate of drug-likeness (QED) is 0.752. The molecule has 1 aromatic carbocycles. The molecule has 0 aliphatic carbocycles. The second-order valence-corrected chi connectivity index (χ2v) is 6.56. The Morgan fingerprint density at radius 2 is 1.96 bits per heavy atom. The maximum atomic E-state index is 13.3. The molecule has 0 aromatic heterocycles. The van der Waals surface area contributed by atoms with Gasteiger partial charge in [0.25, 0.3) is 0 Å². The van der Waals surface area contributed by atoms with E-state index in [1.54, 1.807) is 26.8 Å². The molecule has 1 aliphatic rings. The van der Waals surface area contributed by atoms with Crippen LogP contribution in [0.3, 0.4) is 0 Å². The molecule has 1 aromatic rings. The van der Waals surface area contributed by atoms with Gasteiger partial charge in [0.2, 0.25) is 0 Å². The van der Waals surface area contributed by atoms with Gasteiger partial charge in [0.05, 0.1) is 5.56 Å². The number of benzene rings is 1. The molecule has 0 fully saturated rings. The molecule has 0 saturated heterocycles. The van der Waals surface area contributed by atoms with Crippen molar-refractivity contribution in [2.45, 2.75) is 45.5 Å². The molecule has 0 unspecified atom stereocenters.